The maximum absolute atomic E-state index is 6.19. The maximum atomic E-state index is 6.19. The van der Waals surface area contributed by atoms with Crippen LogP contribution in [0, 0.1) is 0 Å². The Morgan fingerprint density at radius 1 is 1.11 bits per heavy atom. The van der Waals surface area contributed by atoms with Crippen molar-refractivity contribution in [2.45, 2.75) is 6.54 Å². The van der Waals surface area contributed by atoms with Gasteiger partial charge in [0.1, 0.15) is 0 Å². The molecule has 0 fully saturated rings. The fraction of sp³-hybridized carbons (Fsp3) is 0.231. The summed E-state index contributed by atoms with van der Waals surface area (Å²) in [5.74, 6) is 1.25. The summed E-state index contributed by atoms with van der Waals surface area (Å²) < 4.78 is 11.2. The topological polar surface area (TPSA) is 30.5 Å². The van der Waals surface area contributed by atoms with Crippen molar-refractivity contribution in [3.63, 3.8) is 0 Å². The number of hydrogen-bond acceptors (Lipinski definition) is 4. The summed E-state index contributed by atoms with van der Waals surface area (Å²) in [5.41, 5.74) is 0.795. The molecular formula is C13H13Cl2NO2S. The molecule has 1 heterocycles. The number of nitrogens with one attached hydrogen (secondary N) is 1. The number of anilines is 1. The molecular weight excluding hydrogens is 305 g/mol. The maximum Gasteiger partial charge on any atom is 0.162 e. The van der Waals surface area contributed by atoms with Crippen LogP contribution in [0.1, 0.15) is 4.88 Å². The lowest BCUT2D eigenvalue weighted by Gasteiger charge is -2.12. The van der Waals surface area contributed by atoms with Crippen LogP contribution in [-0.2, 0) is 6.54 Å². The minimum absolute atomic E-state index is 0.584. The lowest BCUT2D eigenvalue weighted by molar-refractivity contribution is 0.355. The summed E-state index contributed by atoms with van der Waals surface area (Å²) in [6, 6.07) is 7.40. The van der Waals surface area contributed by atoms with Crippen molar-refractivity contribution in [1.29, 1.82) is 0 Å². The minimum atomic E-state index is 0.584. The van der Waals surface area contributed by atoms with Crippen LogP contribution in [-0.4, -0.2) is 14.2 Å². The predicted molar refractivity (Wildman–Crippen MR) is 81.2 cm³/mol. The zero-order valence-electron chi connectivity index (χ0n) is 10.5. The molecule has 19 heavy (non-hydrogen) atoms. The van der Waals surface area contributed by atoms with Crippen LogP contribution in [0.3, 0.4) is 0 Å². The lowest BCUT2D eigenvalue weighted by atomic mass is 10.2. The van der Waals surface area contributed by atoms with Gasteiger partial charge in [0.05, 0.1) is 29.3 Å². The first-order valence-corrected chi connectivity index (χ1v) is 7.11. The second-order valence-corrected chi connectivity index (χ2v) is 5.95. The van der Waals surface area contributed by atoms with Gasteiger partial charge in [-0.05, 0) is 12.1 Å². The quantitative estimate of drug-likeness (QED) is 0.868. The van der Waals surface area contributed by atoms with Crippen LogP contribution in [0.2, 0.25) is 9.36 Å². The normalized spacial score (nSPS) is 10.3. The number of hydrogen-bond donors (Lipinski definition) is 1. The summed E-state index contributed by atoms with van der Waals surface area (Å²) in [4.78, 5) is 1.14. The van der Waals surface area contributed by atoms with E-state index in [1.165, 1.54) is 11.3 Å². The number of thiophene rings is 1. The van der Waals surface area contributed by atoms with Gasteiger partial charge in [-0.1, -0.05) is 23.2 Å². The molecule has 0 aliphatic carbocycles. The molecule has 0 spiro atoms. The number of halogens is 2. The Morgan fingerprint density at radius 3 is 2.37 bits per heavy atom. The molecule has 0 saturated carbocycles. The van der Waals surface area contributed by atoms with Crippen LogP contribution >= 0.6 is 34.5 Å². The Bertz CT molecular complexity index is 572. The zero-order chi connectivity index (χ0) is 13.8. The third-order valence-electron chi connectivity index (χ3n) is 2.56. The minimum Gasteiger partial charge on any atom is -0.493 e. The van der Waals surface area contributed by atoms with Crippen LogP contribution in [0.15, 0.2) is 24.3 Å². The van der Waals surface area contributed by atoms with E-state index in [0.29, 0.717) is 23.1 Å². The Hall–Kier alpha value is -1.10. The van der Waals surface area contributed by atoms with Crippen molar-refractivity contribution in [3.8, 4) is 11.5 Å². The number of methoxy groups -OCH3 is 2. The van der Waals surface area contributed by atoms with Gasteiger partial charge < -0.3 is 14.8 Å². The Labute approximate surface area is 126 Å². The Morgan fingerprint density at radius 2 is 1.79 bits per heavy atom. The molecule has 3 nitrogen and oxygen atoms in total. The summed E-state index contributed by atoms with van der Waals surface area (Å²) >= 11 is 13.6. The molecule has 1 aromatic heterocycles. The molecule has 102 valence electrons. The molecule has 1 aromatic carbocycles. The molecule has 0 saturated heterocycles. The van der Waals surface area contributed by atoms with Crippen molar-refractivity contribution in [3.05, 3.63) is 38.5 Å². The molecule has 1 N–H and O–H groups in total. The van der Waals surface area contributed by atoms with Gasteiger partial charge in [-0.15, -0.1) is 11.3 Å². The SMILES string of the molecule is COc1cc(Cl)c(NCc2ccc(Cl)s2)cc1OC. The molecule has 0 unspecified atom stereocenters. The molecule has 2 rings (SSSR count). The second kappa shape index (κ2) is 6.37. The van der Waals surface area contributed by atoms with Crippen LogP contribution in [0.25, 0.3) is 0 Å². The number of rotatable bonds is 5. The van der Waals surface area contributed by atoms with Crippen LogP contribution in [0.5, 0.6) is 11.5 Å². The highest BCUT2D eigenvalue weighted by molar-refractivity contribution is 7.16. The standard InChI is InChI=1S/C13H13Cl2NO2S/c1-17-11-5-9(14)10(6-12(11)18-2)16-7-8-3-4-13(15)19-8/h3-6,16H,7H2,1-2H3. The van der Waals surface area contributed by atoms with Gasteiger partial charge in [0.25, 0.3) is 0 Å². The number of ether oxygens (including phenoxy) is 2. The largest absolute Gasteiger partial charge is 0.493 e. The van der Waals surface area contributed by atoms with E-state index in [9.17, 15) is 0 Å². The van der Waals surface area contributed by atoms with E-state index in [4.69, 9.17) is 32.7 Å². The molecule has 6 heteroatoms. The van der Waals surface area contributed by atoms with E-state index >= 15 is 0 Å². The monoisotopic (exact) mass is 317 g/mol. The van der Waals surface area contributed by atoms with Gasteiger partial charge in [0.2, 0.25) is 0 Å². The summed E-state index contributed by atoms with van der Waals surface area (Å²) in [6.07, 6.45) is 0. The van der Waals surface area contributed by atoms with E-state index < -0.39 is 0 Å². The molecule has 0 amide bonds. The van der Waals surface area contributed by atoms with Crippen molar-refractivity contribution >= 4 is 40.2 Å². The molecule has 0 radical (unpaired) electrons. The Kier molecular flexibility index (Phi) is 4.80. The highest BCUT2D eigenvalue weighted by Crippen LogP contribution is 2.36. The molecule has 0 bridgehead atoms. The molecule has 0 aliphatic heterocycles. The fourth-order valence-corrected chi connectivity index (χ4v) is 2.87. The average Bonchev–Trinajstić information content (AvgIpc) is 2.82. The predicted octanol–water partition coefficient (Wildman–Crippen LogP) is 4.68. The van der Waals surface area contributed by atoms with E-state index in [1.54, 1.807) is 20.3 Å². The van der Waals surface area contributed by atoms with Gasteiger partial charge in [-0.25, -0.2) is 0 Å². The second-order valence-electron chi connectivity index (χ2n) is 3.75. The van der Waals surface area contributed by atoms with Crippen molar-refractivity contribution < 1.29 is 9.47 Å². The van der Waals surface area contributed by atoms with Gasteiger partial charge in [-0.2, -0.15) is 0 Å². The third-order valence-corrected chi connectivity index (χ3v) is 4.10. The van der Waals surface area contributed by atoms with E-state index in [-0.39, 0.29) is 0 Å². The average molecular weight is 318 g/mol. The first-order chi connectivity index (χ1) is 9.13. The van der Waals surface area contributed by atoms with E-state index in [0.717, 1.165) is 14.9 Å². The highest BCUT2D eigenvalue weighted by atomic mass is 35.5. The lowest BCUT2D eigenvalue weighted by Crippen LogP contribution is -1.99. The first-order valence-electron chi connectivity index (χ1n) is 5.53. The van der Waals surface area contributed by atoms with Crippen molar-refractivity contribution in [1.82, 2.24) is 0 Å². The van der Waals surface area contributed by atoms with Crippen molar-refractivity contribution in [2.24, 2.45) is 0 Å². The Balaban J connectivity index is 2.15. The van der Waals surface area contributed by atoms with Gasteiger partial charge >= 0.3 is 0 Å². The molecule has 0 aliphatic rings. The third kappa shape index (κ3) is 3.47. The summed E-state index contributed by atoms with van der Waals surface area (Å²) in [7, 11) is 3.17. The molecule has 2 aromatic rings. The van der Waals surface area contributed by atoms with Crippen LogP contribution < -0.4 is 14.8 Å². The van der Waals surface area contributed by atoms with Crippen LogP contribution in [0.4, 0.5) is 5.69 Å². The smallest absolute Gasteiger partial charge is 0.162 e. The van der Waals surface area contributed by atoms with Gasteiger partial charge in [0.15, 0.2) is 11.5 Å². The first kappa shape index (κ1) is 14.3. The highest BCUT2D eigenvalue weighted by Gasteiger charge is 2.10. The van der Waals surface area contributed by atoms with Crippen molar-refractivity contribution in [2.75, 3.05) is 19.5 Å². The fourth-order valence-electron chi connectivity index (χ4n) is 1.62. The summed E-state index contributed by atoms with van der Waals surface area (Å²) in [5, 5.41) is 3.84. The van der Waals surface area contributed by atoms with E-state index in [1.807, 2.05) is 18.2 Å². The zero-order valence-corrected chi connectivity index (χ0v) is 12.8. The number of benzene rings is 1. The summed E-state index contributed by atoms with van der Waals surface area (Å²) in [6.45, 7) is 0.659. The molecule has 0 atom stereocenters. The van der Waals surface area contributed by atoms with Gasteiger partial charge in [0, 0.05) is 23.6 Å². The van der Waals surface area contributed by atoms with E-state index in [2.05, 4.69) is 5.32 Å². The van der Waals surface area contributed by atoms with Gasteiger partial charge in [-0.3, -0.25) is 0 Å².